The van der Waals surface area contributed by atoms with Gasteiger partial charge in [0.25, 0.3) is 17.7 Å². The molecule has 0 radical (unpaired) electrons. The van der Waals surface area contributed by atoms with E-state index in [2.05, 4.69) is 10.6 Å². The smallest absolute Gasteiger partial charge is 0.265 e. The summed E-state index contributed by atoms with van der Waals surface area (Å²) in [5.41, 5.74) is 2.75. The molecule has 0 atom stereocenters. The molecule has 8 rings (SSSR count). The van der Waals surface area contributed by atoms with E-state index in [4.69, 9.17) is 16.6 Å². The number of rotatable bonds is 6. The molecule has 4 aromatic carbocycles. The van der Waals surface area contributed by atoms with Gasteiger partial charge in [-0.05, 0) is 85.1 Å². The van der Waals surface area contributed by atoms with E-state index in [1.54, 1.807) is 36.4 Å². The molecule has 2 aliphatic rings. The highest BCUT2D eigenvalue weighted by Crippen LogP contribution is 2.43. The Morgan fingerprint density at radius 1 is 0.807 bits per heavy atom. The molecule has 0 bridgehead atoms. The van der Waals surface area contributed by atoms with Gasteiger partial charge < -0.3 is 20.4 Å². The number of fused-ring (bicyclic) bond motifs is 4. The van der Waals surface area contributed by atoms with Crippen LogP contribution >= 0.6 is 22.9 Å². The number of pyridine rings is 1. The number of para-hydroxylation sites is 1. The van der Waals surface area contributed by atoms with Gasteiger partial charge in [-0.25, -0.2) is 26.6 Å². The third kappa shape index (κ3) is 7.82. The molecule has 57 heavy (non-hydrogen) atoms. The Bertz CT molecular complexity index is 2700. The van der Waals surface area contributed by atoms with E-state index >= 15 is 0 Å². The van der Waals surface area contributed by atoms with E-state index in [0.29, 0.717) is 58.5 Å². The van der Waals surface area contributed by atoms with Gasteiger partial charge >= 0.3 is 0 Å². The SMILES string of the molecule is O=C(Nc1c(F)cc(F)cc1Cl)c1cc2c(s1)-c1ccc(F)cc1N(C(=O)c1ccc(NC(=O)c3cc4ccccc4nc3N3CCCS(=O)(=O)CC3)cc1)CC2. The maximum Gasteiger partial charge on any atom is 0.265 e. The fourth-order valence-electron chi connectivity index (χ4n) is 6.99. The molecule has 0 spiro atoms. The number of benzene rings is 4. The molecule has 1 saturated heterocycles. The fourth-order valence-corrected chi connectivity index (χ4v) is 9.64. The Morgan fingerprint density at radius 2 is 1.60 bits per heavy atom. The van der Waals surface area contributed by atoms with Crippen LogP contribution in [-0.2, 0) is 16.3 Å². The van der Waals surface area contributed by atoms with Crippen molar-refractivity contribution in [3.8, 4) is 10.4 Å². The van der Waals surface area contributed by atoms with Crippen molar-refractivity contribution in [2.75, 3.05) is 51.6 Å². The van der Waals surface area contributed by atoms with Crippen molar-refractivity contribution >= 4 is 84.3 Å². The van der Waals surface area contributed by atoms with E-state index in [9.17, 15) is 36.0 Å². The van der Waals surface area contributed by atoms with Gasteiger partial charge in [0, 0.05) is 52.8 Å². The Kier molecular flexibility index (Phi) is 10.2. The van der Waals surface area contributed by atoms with E-state index in [-0.39, 0.29) is 57.0 Å². The number of hydrogen-bond donors (Lipinski definition) is 2. The van der Waals surface area contributed by atoms with Gasteiger partial charge in [-0.3, -0.25) is 14.4 Å². The van der Waals surface area contributed by atoms with Crippen LogP contribution in [0.1, 0.15) is 42.4 Å². The highest BCUT2D eigenvalue weighted by atomic mass is 35.5. The number of halogens is 4. The summed E-state index contributed by atoms with van der Waals surface area (Å²) < 4.78 is 67.4. The lowest BCUT2D eigenvalue weighted by molar-refractivity contribution is 0.0985. The van der Waals surface area contributed by atoms with Crippen LogP contribution in [0.2, 0.25) is 5.02 Å². The standard InChI is InChI=1S/C41H31ClF3N5O5S2/c42-31-20-27(44)21-32(45)36(31)48-40(52)35-19-25-12-14-50(34-22-26(43)8-11-29(34)37(25)56-35)41(53)23-6-9-28(10-7-23)46-39(51)30-18-24-4-1-2-5-33(24)47-38(30)49-13-3-16-57(54,55)17-15-49/h1-2,4-11,18-22H,3,12-17H2,(H,46,51)(H,48,52). The van der Waals surface area contributed by atoms with Gasteiger partial charge in [0.15, 0.2) is 15.7 Å². The van der Waals surface area contributed by atoms with Gasteiger partial charge in [0.1, 0.15) is 17.5 Å². The lowest BCUT2D eigenvalue weighted by Gasteiger charge is -2.24. The molecule has 16 heteroatoms. The second kappa shape index (κ2) is 15.3. The number of thiophene rings is 1. The Balaban J connectivity index is 1.03. The summed E-state index contributed by atoms with van der Waals surface area (Å²) in [6.45, 7) is 0.752. The van der Waals surface area contributed by atoms with E-state index in [1.807, 2.05) is 29.2 Å². The van der Waals surface area contributed by atoms with Crippen LogP contribution in [0.25, 0.3) is 21.3 Å². The van der Waals surface area contributed by atoms with E-state index in [1.165, 1.54) is 23.1 Å². The summed E-state index contributed by atoms with van der Waals surface area (Å²) in [4.78, 5) is 50.0. The van der Waals surface area contributed by atoms with Crippen LogP contribution in [-0.4, -0.2) is 62.3 Å². The number of hydrogen-bond acceptors (Lipinski definition) is 8. The fraction of sp³-hybridized carbons (Fsp3) is 0.171. The van der Waals surface area contributed by atoms with Gasteiger partial charge in [0.2, 0.25) is 0 Å². The zero-order valence-electron chi connectivity index (χ0n) is 29.8. The Morgan fingerprint density at radius 3 is 2.39 bits per heavy atom. The zero-order valence-corrected chi connectivity index (χ0v) is 32.2. The van der Waals surface area contributed by atoms with Crippen LogP contribution in [0.5, 0.6) is 0 Å². The molecule has 2 aromatic heterocycles. The van der Waals surface area contributed by atoms with Crippen LogP contribution < -0.4 is 20.4 Å². The molecule has 0 aliphatic carbocycles. The van der Waals surface area contributed by atoms with Crippen molar-refractivity contribution in [2.45, 2.75) is 12.8 Å². The zero-order chi connectivity index (χ0) is 40.0. The summed E-state index contributed by atoms with van der Waals surface area (Å²) in [6.07, 6.45) is 0.705. The van der Waals surface area contributed by atoms with Crippen LogP contribution in [0.4, 0.5) is 36.1 Å². The summed E-state index contributed by atoms with van der Waals surface area (Å²) in [5.74, 6) is -3.65. The molecule has 4 heterocycles. The first-order valence-corrected chi connectivity index (χ1v) is 20.8. The molecule has 0 saturated carbocycles. The number of sulfone groups is 1. The second-order valence-electron chi connectivity index (χ2n) is 13.6. The number of carbonyl (C=O) groups excluding carboxylic acids is 3. The minimum atomic E-state index is -3.21. The molecule has 290 valence electrons. The van der Waals surface area contributed by atoms with E-state index < -0.39 is 45.0 Å². The summed E-state index contributed by atoms with van der Waals surface area (Å²) in [5, 5.41) is 5.73. The lowest BCUT2D eigenvalue weighted by Crippen LogP contribution is -2.32. The maximum atomic E-state index is 14.8. The normalized spacial score (nSPS) is 14.9. The van der Waals surface area contributed by atoms with Crippen LogP contribution in [0, 0.1) is 17.5 Å². The first-order chi connectivity index (χ1) is 27.3. The molecule has 6 aromatic rings. The number of nitrogens with zero attached hydrogens (tertiary/aromatic N) is 3. The summed E-state index contributed by atoms with van der Waals surface area (Å²) in [7, 11) is -3.21. The molecule has 2 N–H and O–H groups in total. The minimum absolute atomic E-state index is 0.0461. The number of carbonyl (C=O) groups is 3. The van der Waals surface area contributed by atoms with Crippen LogP contribution in [0.15, 0.2) is 91.0 Å². The monoisotopic (exact) mass is 829 g/mol. The lowest BCUT2D eigenvalue weighted by atomic mass is 10.1. The highest BCUT2D eigenvalue weighted by Gasteiger charge is 2.29. The van der Waals surface area contributed by atoms with Crippen molar-refractivity contribution in [2.24, 2.45) is 0 Å². The first-order valence-electron chi connectivity index (χ1n) is 17.8. The quantitative estimate of drug-likeness (QED) is 0.173. The number of anilines is 4. The highest BCUT2D eigenvalue weighted by molar-refractivity contribution is 7.91. The molecule has 10 nitrogen and oxygen atoms in total. The van der Waals surface area contributed by atoms with Crippen molar-refractivity contribution in [3.05, 3.63) is 135 Å². The predicted octanol–water partition coefficient (Wildman–Crippen LogP) is 8.37. The average molecular weight is 830 g/mol. The molecule has 1 fully saturated rings. The summed E-state index contributed by atoms with van der Waals surface area (Å²) in [6, 6.07) is 22.5. The minimum Gasteiger partial charge on any atom is -0.355 e. The average Bonchev–Trinajstić information content (AvgIpc) is 3.44. The topological polar surface area (TPSA) is 129 Å². The van der Waals surface area contributed by atoms with Gasteiger partial charge in [-0.15, -0.1) is 11.3 Å². The molecule has 3 amide bonds. The molecular weight excluding hydrogens is 799 g/mol. The van der Waals surface area contributed by atoms with Crippen molar-refractivity contribution < 1.29 is 36.0 Å². The number of aromatic nitrogens is 1. The van der Waals surface area contributed by atoms with Crippen molar-refractivity contribution in [1.82, 2.24) is 4.98 Å². The Hall–Kier alpha value is -5.77. The predicted molar refractivity (Wildman–Crippen MR) is 216 cm³/mol. The first kappa shape index (κ1) is 38.1. The van der Waals surface area contributed by atoms with E-state index in [0.717, 1.165) is 22.8 Å². The number of amides is 3. The van der Waals surface area contributed by atoms with Gasteiger partial charge in [-0.2, -0.15) is 0 Å². The summed E-state index contributed by atoms with van der Waals surface area (Å²) >= 11 is 7.06. The second-order valence-corrected chi connectivity index (χ2v) is 17.4. The van der Waals surface area contributed by atoms with Crippen LogP contribution in [0.3, 0.4) is 0 Å². The molecular formula is C41H31ClF3N5O5S2. The third-order valence-electron chi connectivity index (χ3n) is 9.82. The molecule has 0 unspecified atom stereocenters. The van der Waals surface area contributed by atoms with Gasteiger partial charge in [-0.1, -0.05) is 29.8 Å². The molecule has 2 aliphatic heterocycles. The largest absolute Gasteiger partial charge is 0.355 e. The maximum absolute atomic E-state index is 14.8. The number of nitrogens with one attached hydrogen (secondary N) is 2. The van der Waals surface area contributed by atoms with Gasteiger partial charge in [0.05, 0.1) is 43.9 Å². The van der Waals surface area contributed by atoms with Crippen molar-refractivity contribution in [3.63, 3.8) is 0 Å². The third-order valence-corrected chi connectivity index (χ3v) is 13.0. The Labute approximate surface area is 333 Å². The van der Waals surface area contributed by atoms with Crippen molar-refractivity contribution in [1.29, 1.82) is 0 Å².